The molecule has 0 amide bonds. The van der Waals surface area contributed by atoms with Crippen molar-refractivity contribution in [3.05, 3.63) is 23.3 Å². The van der Waals surface area contributed by atoms with Crippen LogP contribution in [0.2, 0.25) is 0 Å². The Kier molecular flexibility index (Phi) is 3.17. The highest BCUT2D eigenvalue weighted by molar-refractivity contribution is 5.88. The van der Waals surface area contributed by atoms with E-state index < -0.39 is 5.97 Å². The summed E-state index contributed by atoms with van der Waals surface area (Å²) in [5.41, 5.74) is 1.83. The lowest BCUT2D eigenvalue weighted by Crippen LogP contribution is -2.49. The van der Waals surface area contributed by atoms with Crippen LogP contribution in [0.15, 0.2) is 23.3 Å². The molecule has 0 bridgehead atoms. The summed E-state index contributed by atoms with van der Waals surface area (Å²) in [6.07, 6.45) is 10.8. The summed E-state index contributed by atoms with van der Waals surface area (Å²) < 4.78 is 0. The van der Waals surface area contributed by atoms with E-state index in [-0.39, 0.29) is 10.8 Å². The van der Waals surface area contributed by atoms with Gasteiger partial charge in [-0.05, 0) is 73.3 Å². The first-order valence-electron chi connectivity index (χ1n) is 9.04. The molecule has 2 fully saturated rings. The maximum atomic E-state index is 12.4. The topological polar surface area (TPSA) is 54.4 Å². The zero-order valence-electron chi connectivity index (χ0n) is 14.1. The Morgan fingerprint density at radius 1 is 1.13 bits per heavy atom. The molecule has 4 rings (SSSR count). The largest absolute Gasteiger partial charge is 0.478 e. The van der Waals surface area contributed by atoms with E-state index in [0.717, 1.165) is 38.5 Å². The number of allylic oxidation sites excluding steroid dienone is 3. The van der Waals surface area contributed by atoms with E-state index in [9.17, 15) is 14.7 Å². The Morgan fingerprint density at radius 3 is 2.61 bits per heavy atom. The van der Waals surface area contributed by atoms with Crippen molar-refractivity contribution in [2.75, 3.05) is 0 Å². The summed E-state index contributed by atoms with van der Waals surface area (Å²) in [5.74, 6) is 1.46. The number of carboxylic acid groups (broad SMARTS) is 1. The van der Waals surface area contributed by atoms with Crippen LogP contribution >= 0.6 is 0 Å². The molecule has 0 aromatic heterocycles. The maximum absolute atomic E-state index is 12.4. The predicted octanol–water partition coefficient (Wildman–Crippen LogP) is 4.14. The minimum Gasteiger partial charge on any atom is -0.478 e. The zero-order valence-corrected chi connectivity index (χ0v) is 14.1. The van der Waals surface area contributed by atoms with E-state index in [1.165, 1.54) is 5.57 Å². The van der Waals surface area contributed by atoms with Gasteiger partial charge < -0.3 is 5.11 Å². The van der Waals surface area contributed by atoms with Crippen molar-refractivity contribution in [1.29, 1.82) is 0 Å². The summed E-state index contributed by atoms with van der Waals surface area (Å²) in [6.45, 7) is 4.54. The third-order valence-corrected chi connectivity index (χ3v) is 7.75. The van der Waals surface area contributed by atoms with Crippen molar-refractivity contribution >= 4 is 11.8 Å². The third kappa shape index (κ3) is 1.95. The number of hydrogen-bond donors (Lipinski definition) is 1. The molecule has 0 aromatic carbocycles. The van der Waals surface area contributed by atoms with Crippen LogP contribution in [0, 0.1) is 28.6 Å². The number of carboxylic acids is 1. The van der Waals surface area contributed by atoms with E-state index in [1.807, 2.05) is 6.08 Å². The Hall–Kier alpha value is -1.38. The van der Waals surface area contributed by atoms with Gasteiger partial charge in [0.1, 0.15) is 5.78 Å². The number of rotatable bonds is 1. The van der Waals surface area contributed by atoms with Crippen LogP contribution in [0.1, 0.15) is 58.8 Å². The molecule has 0 unspecified atom stereocenters. The lowest BCUT2D eigenvalue weighted by Gasteiger charge is -2.55. The van der Waals surface area contributed by atoms with Gasteiger partial charge in [-0.2, -0.15) is 0 Å². The first-order valence-corrected chi connectivity index (χ1v) is 9.04. The first-order chi connectivity index (χ1) is 10.9. The Labute approximate surface area is 137 Å². The standard InChI is InChI=1S/C20H26O3/c1-19-9-7-12(18(22)23)11-13(19)3-4-14-15-5-6-17(21)20(15,2)10-8-16(14)19/h3,11,14-16H,4-10H2,1-2H3,(H,22,23)/t14-,15-,16-,19-,20-/m0/s1. The summed E-state index contributed by atoms with van der Waals surface area (Å²) in [5, 5.41) is 9.30. The van der Waals surface area contributed by atoms with Crippen molar-refractivity contribution in [3.63, 3.8) is 0 Å². The van der Waals surface area contributed by atoms with Crippen molar-refractivity contribution in [3.8, 4) is 0 Å². The molecule has 3 nitrogen and oxygen atoms in total. The SMILES string of the molecule is C[C@]12CCC(C(=O)O)=CC1=CC[C@@H]1[C@@H]2CC[C@]2(C)C(=O)CC[C@@H]12. The highest BCUT2D eigenvalue weighted by atomic mass is 16.4. The average molecular weight is 314 g/mol. The summed E-state index contributed by atoms with van der Waals surface area (Å²) in [7, 11) is 0. The zero-order chi connectivity index (χ0) is 16.4. The van der Waals surface area contributed by atoms with Crippen molar-refractivity contribution in [1.82, 2.24) is 0 Å². The molecule has 23 heavy (non-hydrogen) atoms. The van der Waals surface area contributed by atoms with Gasteiger partial charge >= 0.3 is 5.97 Å². The number of carbonyl (C=O) groups is 2. The molecule has 4 aliphatic carbocycles. The molecule has 2 saturated carbocycles. The number of aliphatic carboxylic acids is 1. The quantitative estimate of drug-likeness (QED) is 0.791. The third-order valence-electron chi connectivity index (χ3n) is 7.75. The second-order valence-electron chi connectivity index (χ2n) is 8.58. The molecule has 0 radical (unpaired) electrons. The van der Waals surface area contributed by atoms with Crippen LogP contribution in [-0.4, -0.2) is 16.9 Å². The van der Waals surface area contributed by atoms with Crippen LogP contribution in [0.25, 0.3) is 0 Å². The molecule has 0 heterocycles. The van der Waals surface area contributed by atoms with Gasteiger partial charge in [0.05, 0.1) is 0 Å². The lowest BCUT2D eigenvalue weighted by molar-refractivity contribution is -0.134. The van der Waals surface area contributed by atoms with Crippen molar-refractivity contribution in [2.45, 2.75) is 58.8 Å². The fraction of sp³-hybridized carbons (Fsp3) is 0.700. The van der Waals surface area contributed by atoms with E-state index in [0.29, 0.717) is 35.5 Å². The highest BCUT2D eigenvalue weighted by Crippen LogP contribution is 2.63. The Bertz CT molecular complexity index is 643. The second kappa shape index (κ2) is 4.81. The molecule has 0 spiro atoms. The summed E-state index contributed by atoms with van der Waals surface area (Å²) in [6, 6.07) is 0. The minimum absolute atomic E-state index is 0.0837. The number of ketones is 1. The monoisotopic (exact) mass is 314 g/mol. The molecular formula is C20H26O3. The molecule has 124 valence electrons. The minimum atomic E-state index is -0.771. The summed E-state index contributed by atoms with van der Waals surface area (Å²) >= 11 is 0. The van der Waals surface area contributed by atoms with Crippen LogP contribution in [0.5, 0.6) is 0 Å². The first kappa shape index (κ1) is 15.2. The lowest BCUT2D eigenvalue weighted by atomic mass is 9.48. The van der Waals surface area contributed by atoms with Gasteiger partial charge in [-0.25, -0.2) is 4.79 Å². The van der Waals surface area contributed by atoms with Gasteiger partial charge in [-0.1, -0.05) is 19.9 Å². The molecule has 3 heteroatoms. The van der Waals surface area contributed by atoms with Gasteiger partial charge in [0.15, 0.2) is 0 Å². The van der Waals surface area contributed by atoms with Crippen molar-refractivity contribution < 1.29 is 14.7 Å². The Morgan fingerprint density at radius 2 is 1.87 bits per heavy atom. The van der Waals surface area contributed by atoms with E-state index in [2.05, 4.69) is 19.9 Å². The van der Waals surface area contributed by atoms with Gasteiger partial charge in [0.2, 0.25) is 0 Å². The fourth-order valence-electron chi connectivity index (χ4n) is 6.27. The second-order valence-corrected chi connectivity index (χ2v) is 8.58. The van der Waals surface area contributed by atoms with Crippen LogP contribution < -0.4 is 0 Å². The van der Waals surface area contributed by atoms with Gasteiger partial charge in [-0.15, -0.1) is 0 Å². The fourth-order valence-corrected chi connectivity index (χ4v) is 6.27. The van der Waals surface area contributed by atoms with Crippen LogP contribution in [-0.2, 0) is 9.59 Å². The molecule has 0 aliphatic heterocycles. The predicted molar refractivity (Wildman–Crippen MR) is 87.8 cm³/mol. The number of hydrogen-bond acceptors (Lipinski definition) is 2. The number of fused-ring (bicyclic) bond motifs is 5. The molecule has 4 aliphatic rings. The molecule has 0 aromatic rings. The van der Waals surface area contributed by atoms with Gasteiger partial charge in [0.25, 0.3) is 0 Å². The van der Waals surface area contributed by atoms with Crippen LogP contribution in [0.4, 0.5) is 0 Å². The molecule has 0 saturated heterocycles. The smallest absolute Gasteiger partial charge is 0.331 e. The van der Waals surface area contributed by atoms with E-state index in [4.69, 9.17) is 0 Å². The Balaban J connectivity index is 1.71. The van der Waals surface area contributed by atoms with Crippen molar-refractivity contribution in [2.24, 2.45) is 28.6 Å². The average Bonchev–Trinajstić information content (AvgIpc) is 2.82. The van der Waals surface area contributed by atoms with Gasteiger partial charge in [-0.3, -0.25) is 4.79 Å². The molecular weight excluding hydrogens is 288 g/mol. The molecule has 5 atom stereocenters. The molecule has 1 N–H and O–H groups in total. The van der Waals surface area contributed by atoms with Gasteiger partial charge in [0, 0.05) is 17.4 Å². The van der Waals surface area contributed by atoms with E-state index >= 15 is 0 Å². The van der Waals surface area contributed by atoms with Crippen LogP contribution in [0.3, 0.4) is 0 Å². The van der Waals surface area contributed by atoms with E-state index in [1.54, 1.807) is 0 Å². The number of Topliss-reactive ketones (excluding diaryl/α,β-unsaturated/α-hetero) is 1. The number of carbonyl (C=O) groups excluding carboxylic acids is 1. The normalized spacial score (nSPS) is 45.5. The maximum Gasteiger partial charge on any atom is 0.331 e. The highest BCUT2D eigenvalue weighted by Gasteiger charge is 2.58. The summed E-state index contributed by atoms with van der Waals surface area (Å²) in [4.78, 5) is 23.7.